The molecule has 5 heteroatoms. The van der Waals surface area contributed by atoms with Crippen molar-refractivity contribution < 1.29 is 13.2 Å². The second kappa shape index (κ2) is 6.28. The summed E-state index contributed by atoms with van der Waals surface area (Å²) in [4.78, 5) is 11.8. The van der Waals surface area contributed by atoms with Crippen LogP contribution in [0.5, 0.6) is 0 Å². The summed E-state index contributed by atoms with van der Waals surface area (Å²) in [5, 5.41) is 0. The standard InChI is InChI=1S/C16H23NO3S/c1-3-16(12-18)11-5-4-6-15(16)17-21(19,20)14-9-7-13(2)8-10-14/h7-10,12,15,17H,3-6,11H2,1-2H3/t15-,16+/m0/s1. The average molecular weight is 309 g/mol. The van der Waals surface area contributed by atoms with Crippen molar-refractivity contribution in [3.8, 4) is 0 Å². The van der Waals surface area contributed by atoms with E-state index in [0.29, 0.717) is 6.42 Å². The Balaban J connectivity index is 2.26. The highest BCUT2D eigenvalue weighted by Gasteiger charge is 2.41. The van der Waals surface area contributed by atoms with Crippen LogP contribution < -0.4 is 4.72 Å². The fraction of sp³-hybridized carbons (Fsp3) is 0.562. The molecule has 0 spiro atoms. The van der Waals surface area contributed by atoms with E-state index in [-0.39, 0.29) is 10.9 Å². The van der Waals surface area contributed by atoms with E-state index in [1.54, 1.807) is 24.3 Å². The second-order valence-corrected chi connectivity index (χ2v) is 7.65. The predicted molar refractivity (Wildman–Crippen MR) is 82.5 cm³/mol. The van der Waals surface area contributed by atoms with Gasteiger partial charge in [-0.3, -0.25) is 0 Å². The highest BCUT2D eigenvalue weighted by atomic mass is 32.2. The fourth-order valence-electron chi connectivity index (χ4n) is 3.06. The Hall–Kier alpha value is -1.20. The number of hydrogen-bond donors (Lipinski definition) is 1. The number of carbonyl (C=O) groups is 1. The van der Waals surface area contributed by atoms with Crippen LogP contribution in [0.3, 0.4) is 0 Å². The van der Waals surface area contributed by atoms with Crippen molar-refractivity contribution in [1.29, 1.82) is 0 Å². The highest BCUT2D eigenvalue weighted by molar-refractivity contribution is 7.89. The molecular formula is C16H23NO3S. The number of hydrogen-bond acceptors (Lipinski definition) is 3. The normalized spacial score (nSPS) is 26.5. The predicted octanol–water partition coefficient (Wildman–Crippen LogP) is 2.81. The lowest BCUT2D eigenvalue weighted by Gasteiger charge is -2.39. The first kappa shape index (κ1) is 16.2. The van der Waals surface area contributed by atoms with Crippen LogP contribution in [-0.2, 0) is 14.8 Å². The number of aryl methyl sites for hydroxylation is 1. The minimum Gasteiger partial charge on any atom is -0.303 e. The summed E-state index contributed by atoms with van der Waals surface area (Å²) in [5.74, 6) is 0. The molecule has 4 nitrogen and oxygen atoms in total. The second-order valence-electron chi connectivity index (χ2n) is 5.94. The molecule has 0 aliphatic heterocycles. The van der Waals surface area contributed by atoms with Gasteiger partial charge in [0.05, 0.1) is 4.90 Å². The summed E-state index contributed by atoms with van der Waals surface area (Å²) < 4.78 is 27.8. The minimum absolute atomic E-state index is 0.259. The highest BCUT2D eigenvalue weighted by Crippen LogP contribution is 2.38. The molecule has 1 aromatic carbocycles. The van der Waals surface area contributed by atoms with Crippen LogP contribution in [0.15, 0.2) is 29.2 Å². The van der Waals surface area contributed by atoms with Gasteiger partial charge in [-0.1, -0.05) is 37.5 Å². The summed E-state index contributed by atoms with van der Waals surface area (Å²) in [6.45, 7) is 3.87. The summed E-state index contributed by atoms with van der Waals surface area (Å²) in [7, 11) is -3.58. The Morgan fingerprint density at radius 3 is 2.52 bits per heavy atom. The van der Waals surface area contributed by atoms with E-state index in [1.165, 1.54) is 0 Å². The maximum absolute atomic E-state index is 12.5. The molecule has 0 aromatic heterocycles. The van der Waals surface area contributed by atoms with E-state index in [4.69, 9.17) is 0 Å². The minimum atomic E-state index is -3.58. The first-order valence-electron chi connectivity index (χ1n) is 7.49. The Morgan fingerprint density at radius 2 is 1.95 bits per heavy atom. The Kier molecular flexibility index (Phi) is 4.84. The van der Waals surface area contributed by atoms with Crippen LogP contribution in [0, 0.1) is 12.3 Å². The van der Waals surface area contributed by atoms with E-state index in [0.717, 1.165) is 37.5 Å². The van der Waals surface area contributed by atoms with Crippen molar-refractivity contribution in [1.82, 2.24) is 4.72 Å². The lowest BCUT2D eigenvalue weighted by molar-refractivity contribution is -0.119. The molecule has 1 aliphatic rings. The van der Waals surface area contributed by atoms with Crippen molar-refractivity contribution in [2.75, 3.05) is 0 Å². The Bertz CT molecular complexity index is 594. The van der Waals surface area contributed by atoms with Crippen LogP contribution in [-0.4, -0.2) is 20.7 Å². The maximum Gasteiger partial charge on any atom is 0.240 e. The number of nitrogens with one attached hydrogen (secondary N) is 1. The van der Waals surface area contributed by atoms with Crippen molar-refractivity contribution >= 4 is 16.3 Å². The third-order valence-corrected chi connectivity index (χ3v) is 6.09. The van der Waals surface area contributed by atoms with Crippen LogP contribution in [0.2, 0.25) is 0 Å². The van der Waals surface area contributed by atoms with Gasteiger partial charge >= 0.3 is 0 Å². The molecule has 1 aliphatic carbocycles. The average Bonchev–Trinajstić information content (AvgIpc) is 2.48. The molecule has 1 N–H and O–H groups in total. The topological polar surface area (TPSA) is 63.2 Å². The Morgan fingerprint density at radius 1 is 1.29 bits per heavy atom. The zero-order chi connectivity index (χ0) is 15.5. The quantitative estimate of drug-likeness (QED) is 0.851. The third-order valence-electron chi connectivity index (χ3n) is 4.60. The summed E-state index contributed by atoms with van der Waals surface area (Å²) in [6, 6.07) is 6.47. The van der Waals surface area contributed by atoms with Gasteiger partial charge in [-0.05, 0) is 38.3 Å². The number of carbonyl (C=O) groups excluding carboxylic acids is 1. The molecule has 0 saturated heterocycles. The summed E-state index contributed by atoms with van der Waals surface area (Å²) in [6.07, 6.45) is 5.03. The molecular weight excluding hydrogens is 286 g/mol. The van der Waals surface area contributed by atoms with Gasteiger partial charge in [-0.15, -0.1) is 0 Å². The monoisotopic (exact) mass is 309 g/mol. The van der Waals surface area contributed by atoms with Gasteiger partial charge in [0.15, 0.2) is 0 Å². The molecule has 0 heterocycles. The zero-order valence-corrected chi connectivity index (χ0v) is 13.4. The fourth-order valence-corrected chi connectivity index (χ4v) is 4.42. The molecule has 0 bridgehead atoms. The smallest absolute Gasteiger partial charge is 0.240 e. The molecule has 1 aromatic rings. The van der Waals surface area contributed by atoms with Crippen LogP contribution in [0.1, 0.15) is 44.6 Å². The van der Waals surface area contributed by atoms with Gasteiger partial charge < -0.3 is 4.79 Å². The first-order chi connectivity index (χ1) is 9.93. The van der Waals surface area contributed by atoms with Crippen molar-refractivity contribution in [3.63, 3.8) is 0 Å². The van der Waals surface area contributed by atoms with Crippen molar-refractivity contribution in [3.05, 3.63) is 29.8 Å². The molecule has 21 heavy (non-hydrogen) atoms. The SMILES string of the molecule is CC[C@]1(C=O)CCCC[C@@H]1NS(=O)(=O)c1ccc(C)cc1. The largest absolute Gasteiger partial charge is 0.303 e. The third kappa shape index (κ3) is 3.35. The van der Waals surface area contributed by atoms with E-state index in [2.05, 4.69) is 4.72 Å². The Labute approximate surface area is 127 Å². The molecule has 2 atom stereocenters. The van der Waals surface area contributed by atoms with Gasteiger partial charge in [0.2, 0.25) is 10.0 Å². The molecule has 1 fully saturated rings. The summed E-state index contributed by atoms with van der Waals surface area (Å²) in [5.41, 5.74) is 0.457. The number of benzene rings is 1. The molecule has 0 unspecified atom stereocenters. The van der Waals surface area contributed by atoms with Crippen LogP contribution in [0.4, 0.5) is 0 Å². The lowest BCUT2D eigenvalue weighted by atomic mass is 9.70. The first-order valence-corrected chi connectivity index (χ1v) is 8.97. The van der Waals surface area contributed by atoms with Gasteiger partial charge in [0.1, 0.15) is 6.29 Å². The molecule has 0 amide bonds. The lowest BCUT2D eigenvalue weighted by Crippen LogP contribution is -2.50. The van der Waals surface area contributed by atoms with Crippen molar-refractivity contribution in [2.45, 2.75) is 56.9 Å². The molecule has 2 rings (SSSR count). The van der Waals surface area contributed by atoms with E-state index >= 15 is 0 Å². The van der Waals surface area contributed by atoms with E-state index in [9.17, 15) is 13.2 Å². The number of aldehydes is 1. The maximum atomic E-state index is 12.5. The van der Waals surface area contributed by atoms with Gasteiger partial charge in [-0.25, -0.2) is 13.1 Å². The van der Waals surface area contributed by atoms with Crippen LogP contribution in [0.25, 0.3) is 0 Å². The van der Waals surface area contributed by atoms with E-state index in [1.807, 2.05) is 13.8 Å². The molecule has 1 saturated carbocycles. The number of sulfonamides is 1. The van der Waals surface area contributed by atoms with Gasteiger partial charge in [0, 0.05) is 11.5 Å². The van der Waals surface area contributed by atoms with E-state index < -0.39 is 15.4 Å². The zero-order valence-electron chi connectivity index (χ0n) is 12.6. The molecule has 116 valence electrons. The van der Waals surface area contributed by atoms with Crippen LogP contribution >= 0.6 is 0 Å². The van der Waals surface area contributed by atoms with Crippen molar-refractivity contribution in [2.24, 2.45) is 5.41 Å². The van der Waals surface area contributed by atoms with Gasteiger partial charge in [0.25, 0.3) is 0 Å². The number of rotatable bonds is 5. The molecule has 0 radical (unpaired) electrons. The van der Waals surface area contributed by atoms with Gasteiger partial charge in [-0.2, -0.15) is 0 Å². The summed E-state index contributed by atoms with van der Waals surface area (Å²) >= 11 is 0.